The minimum Gasteiger partial charge on any atom is -0.349 e. The molecule has 0 radical (unpaired) electrons. The van der Waals surface area contributed by atoms with Crippen LogP contribution in [0.25, 0.3) is 0 Å². The van der Waals surface area contributed by atoms with Crippen molar-refractivity contribution >= 4 is 23.4 Å². The summed E-state index contributed by atoms with van der Waals surface area (Å²) in [7, 11) is 0. The topological polar surface area (TPSA) is 78.5 Å². The first-order valence-corrected chi connectivity index (χ1v) is 9.58. The van der Waals surface area contributed by atoms with Crippen molar-refractivity contribution in [3.8, 4) is 0 Å². The first kappa shape index (κ1) is 18.4. The Hall–Kier alpha value is -2.37. The van der Waals surface area contributed by atoms with Gasteiger partial charge in [-0.1, -0.05) is 6.92 Å². The van der Waals surface area contributed by atoms with E-state index in [1.807, 2.05) is 17.9 Å². The Morgan fingerprint density at radius 3 is 2.88 bits per heavy atom. The third-order valence-electron chi connectivity index (χ3n) is 5.14. The molecule has 3 amide bonds. The highest BCUT2D eigenvalue weighted by Gasteiger charge is 2.22. The van der Waals surface area contributed by atoms with Gasteiger partial charge in [0.05, 0.1) is 0 Å². The van der Waals surface area contributed by atoms with Gasteiger partial charge in [0.15, 0.2) is 0 Å². The van der Waals surface area contributed by atoms with E-state index in [4.69, 9.17) is 0 Å². The van der Waals surface area contributed by atoms with Crippen molar-refractivity contribution in [3.05, 3.63) is 29.3 Å². The van der Waals surface area contributed by atoms with Gasteiger partial charge in [0.2, 0.25) is 11.8 Å². The highest BCUT2D eigenvalue weighted by molar-refractivity contribution is 5.98. The van der Waals surface area contributed by atoms with Crippen LogP contribution < -0.4 is 10.6 Å². The normalized spacial score (nSPS) is 20.0. The van der Waals surface area contributed by atoms with Crippen LogP contribution in [0.4, 0.5) is 5.69 Å². The highest BCUT2D eigenvalue weighted by Crippen LogP contribution is 2.24. The molecular weight excluding hydrogens is 330 g/mol. The molecule has 0 aliphatic carbocycles. The third kappa shape index (κ3) is 4.42. The van der Waals surface area contributed by atoms with Gasteiger partial charge in [-0.25, -0.2) is 0 Å². The van der Waals surface area contributed by atoms with Crippen molar-refractivity contribution in [2.24, 2.45) is 0 Å². The zero-order valence-corrected chi connectivity index (χ0v) is 15.3. The van der Waals surface area contributed by atoms with E-state index >= 15 is 0 Å². The largest absolute Gasteiger partial charge is 0.349 e. The summed E-state index contributed by atoms with van der Waals surface area (Å²) in [4.78, 5) is 38.0. The predicted molar refractivity (Wildman–Crippen MR) is 100.0 cm³/mol. The van der Waals surface area contributed by atoms with Crippen molar-refractivity contribution in [2.45, 2.75) is 57.9 Å². The minimum absolute atomic E-state index is 0.0235. The predicted octanol–water partition coefficient (Wildman–Crippen LogP) is 2.48. The van der Waals surface area contributed by atoms with E-state index in [0.717, 1.165) is 43.5 Å². The Bertz CT molecular complexity index is 702. The van der Waals surface area contributed by atoms with Crippen LogP contribution in [0, 0.1) is 0 Å². The number of rotatable bonds is 4. The number of hydrogen-bond acceptors (Lipinski definition) is 3. The van der Waals surface area contributed by atoms with Gasteiger partial charge in [0.1, 0.15) is 0 Å². The summed E-state index contributed by atoms with van der Waals surface area (Å²) in [5.41, 5.74) is 2.44. The van der Waals surface area contributed by atoms with E-state index in [9.17, 15) is 14.4 Å². The summed E-state index contributed by atoms with van der Waals surface area (Å²) in [6.07, 6.45) is 5.20. The molecule has 2 heterocycles. The molecule has 140 valence electrons. The molecule has 0 bridgehead atoms. The molecule has 3 rings (SSSR count). The van der Waals surface area contributed by atoms with E-state index in [1.165, 1.54) is 0 Å². The summed E-state index contributed by atoms with van der Waals surface area (Å²) >= 11 is 0. The Morgan fingerprint density at radius 1 is 1.23 bits per heavy atom. The van der Waals surface area contributed by atoms with Crippen LogP contribution in [-0.4, -0.2) is 41.8 Å². The number of amides is 3. The maximum absolute atomic E-state index is 12.6. The molecule has 1 unspecified atom stereocenters. The zero-order chi connectivity index (χ0) is 18.5. The number of hydrogen-bond donors (Lipinski definition) is 2. The van der Waals surface area contributed by atoms with Crippen LogP contribution in [-0.2, 0) is 16.0 Å². The summed E-state index contributed by atoms with van der Waals surface area (Å²) in [5.74, 6) is 0.162. The molecule has 2 aliphatic rings. The Morgan fingerprint density at radius 2 is 2.08 bits per heavy atom. The van der Waals surface area contributed by atoms with Crippen LogP contribution in [0.5, 0.6) is 0 Å². The Balaban J connectivity index is 1.58. The number of nitrogens with zero attached hydrogens (tertiary/aromatic N) is 1. The number of anilines is 1. The van der Waals surface area contributed by atoms with Crippen LogP contribution in [0.3, 0.4) is 0 Å². The van der Waals surface area contributed by atoms with Crippen LogP contribution in [0.15, 0.2) is 18.2 Å². The maximum Gasteiger partial charge on any atom is 0.251 e. The van der Waals surface area contributed by atoms with E-state index in [0.29, 0.717) is 31.4 Å². The number of fused-ring (bicyclic) bond motifs is 1. The summed E-state index contributed by atoms with van der Waals surface area (Å²) in [6, 6.07) is 5.53. The lowest BCUT2D eigenvalue weighted by Crippen LogP contribution is -2.36. The van der Waals surface area contributed by atoms with E-state index in [2.05, 4.69) is 10.6 Å². The first-order chi connectivity index (χ1) is 12.6. The molecule has 1 atom stereocenters. The average Bonchev–Trinajstić information content (AvgIpc) is 2.87. The Labute approximate surface area is 154 Å². The van der Waals surface area contributed by atoms with Gasteiger partial charge in [-0.15, -0.1) is 0 Å². The average molecular weight is 357 g/mol. The minimum atomic E-state index is -0.0805. The van der Waals surface area contributed by atoms with Crippen LogP contribution in [0.2, 0.25) is 0 Å². The van der Waals surface area contributed by atoms with Gasteiger partial charge in [0, 0.05) is 43.2 Å². The quantitative estimate of drug-likeness (QED) is 0.869. The van der Waals surface area contributed by atoms with Crippen molar-refractivity contribution < 1.29 is 14.4 Å². The lowest BCUT2D eigenvalue weighted by atomic mass is 10.00. The maximum atomic E-state index is 12.6. The molecule has 1 aromatic rings. The number of aryl methyl sites for hydroxylation is 1. The third-order valence-corrected chi connectivity index (χ3v) is 5.14. The zero-order valence-electron chi connectivity index (χ0n) is 15.3. The SMILES string of the molecule is CCCC(=O)N1CCCC(NC(=O)c2ccc3c(c2)CCC(=O)N3)CC1. The van der Waals surface area contributed by atoms with Crippen molar-refractivity contribution in [2.75, 3.05) is 18.4 Å². The summed E-state index contributed by atoms with van der Waals surface area (Å²) in [6.45, 7) is 3.51. The number of likely N-dealkylation sites (tertiary alicyclic amines) is 1. The smallest absolute Gasteiger partial charge is 0.251 e. The fourth-order valence-electron chi connectivity index (χ4n) is 3.66. The molecule has 0 aromatic heterocycles. The molecule has 0 spiro atoms. The summed E-state index contributed by atoms with van der Waals surface area (Å²) < 4.78 is 0. The van der Waals surface area contributed by atoms with Crippen LogP contribution in [0.1, 0.15) is 61.4 Å². The first-order valence-electron chi connectivity index (χ1n) is 9.58. The highest BCUT2D eigenvalue weighted by atomic mass is 16.2. The number of nitrogens with one attached hydrogen (secondary N) is 2. The molecule has 6 nitrogen and oxygen atoms in total. The van der Waals surface area contributed by atoms with E-state index in [1.54, 1.807) is 12.1 Å². The van der Waals surface area contributed by atoms with Gasteiger partial charge < -0.3 is 15.5 Å². The van der Waals surface area contributed by atoms with E-state index in [-0.39, 0.29) is 23.8 Å². The van der Waals surface area contributed by atoms with Crippen LogP contribution >= 0.6 is 0 Å². The monoisotopic (exact) mass is 357 g/mol. The van der Waals surface area contributed by atoms with Crippen molar-refractivity contribution in [1.82, 2.24) is 10.2 Å². The second-order valence-corrected chi connectivity index (χ2v) is 7.15. The lowest BCUT2D eigenvalue weighted by molar-refractivity contribution is -0.131. The van der Waals surface area contributed by atoms with Gasteiger partial charge in [0.25, 0.3) is 5.91 Å². The van der Waals surface area contributed by atoms with Crippen molar-refractivity contribution in [1.29, 1.82) is 0 Å². The van der Waals surface area contributed by atoms with Gasteiger partial charge in [-0.2, -0.15) is 0 Å². The molecule has 2 aliphatic heterocycles. The molecule has 1 aromatic carbocycles. The van der Waals surface area contributed by atoms with Gasteiger partial charge >= 0.3 is 0 Å². The number of carbonyl (C=O) groups excluding carboxylic acids is 3. The fraction of sp³-hybridized carbons (Fsp3) is 0.550. The molecule has 1 saturated heterocycles. The van der Waals surface area contributed by atoms with Crippen molar-refractivity contribution in [3.63, 3.8) is 0 Å². The molecular formula is C20H27N3O3. The molecule has 6 heteroatoms. The molecule has 0 saturated carbocycles. The second kappa shape index (κ2) is 8.34. The fourth-order valence-corrected chi connectivity index (χ4v) is 3.66. The van der Waals surface area contributed by atoms with E-state index < -0.39 is 0 Å². The Kier molecular flexibility index (Phi) is 5.91. The number of carbonyl (C=O) groups is 3. The summed E-state index contributed by atoms with van der Waals surface area (Å²) in [5, 5.41) is 5.95. The lowest BCUT2D eigenvalue weighted by Gasteiger charge is -2.21. The standard InChI is InChI=1S/C20H27N3O3/c1-2-4-19(25)23-11-3-5-16(10-12-23)21-20(26)15-6-8-17-14(13-15)7-9-18(24)22-17/h6,8,13,16H,2-5,7,9-12H2,1H3,(H,21,26)(H,22,24). The van der Waals surface area contributed by atoms with Gasteiger partial charge in [-0.05, 0) is 55.9 Å². The molecule has 2 N–H and O–H groups in total. The van der Waals surface area contributed by atoms with Gasteiger partial charge in [-0.3, -0.25) is 14.4 Å². The second-order valence-electron chi connectivity index (χ2n) is 7.15. The molecule has 26 heavy (non-hydrogen) atoms. The molecule has 1 fully saturated rings. The number of benzene rings is 1.